The van der Waals surface area contributed by atoms with Gasteiger partial charge in [0.25, 0.3) is 5.91 Å². The lowest BCUT2D eigenvalue weighted by molar-refractivity contribution is -0.130. The Hall–Kier alpha value is -3.05. The third-order valence-electron chi connectivity index (χ3n) is 3.89. The van der Waals surface area contributed by atoms with Crippen LogP contribution in [0.1, 0.15) is 28.8 Å². The Kier molecular flexibility index (Phi) is 5.16. The highest BCUT2D eigenvalue weighted by molar-refractivity contribution is 5.82. The molecular weight excluding hydrogens is 319 g/mol. The highest BCUT2D eigenvalue weighted by Gasteiger charge is 2.22. The summed E-state index contributed by atoms with van der Waals surface area (Å²) in [5.41, 5.74) is 2.00. The number of nitrogens with zero attached hydrogens (tertiary/aromatic N) is 1. The topological polar surface area (TPSA) is 62.2 Å². The smallest absolute Gasteiger partial charge is 0.254 e. The van der Waals surface area contributed by atoms with Crippen LogP contribution >= 0.6 is 0 Å². The SMILES string of the molecule is O=C(N[C@H](c1ccncc1)c1ccc(F)cc1)[C@@H](O)c1ccccc1. The molecule has 2 N–H and O–H groups in total. The molecule has 2 aromatic carbocycles. The van der Waals surface area contributed by atoms with Crippen LogP contribution in [0.3, 0.4) is 0 Å². The lowest BCUT2D eigenvalue weighted by Gasteiger charge is -2.21. The number of halogens is 1. The Morgan fingerprint density at radius 2 is 1.48 bits per heavy atom. The quantitative estimate of drug-likeness (QED) is 0.752. The first-order chi connectivity index (χ1) is 12.1. The lowest BCUT2D eigenvalue weighted by atomic mass is 9.98. The number of nitrogens with one attached hydrogen (secondary N) is 1. The predicted octanol–water partition coefficient (Wildman–Crippen LogP) is 3.16. The molecular formula is C20H17FN2O2. The highest BCUT2D eigenvalue weighted by atomic mass is 19.1. The number of carbonyl (C=O) groups excluding carboxylic acids is 1. The van der Waals surface area contributed by atoms with E-state index >= 15 is 0 Å². The van der Waals surface area contributed by atoms with Gasteiger partial charge in [0.05, 0.1) is 6.04 Å². The van der Waals surface area contributed by atoms with Crippen molar-refractivity contribution in [3.63, 3.8) is 0 Å². The van der Waals surface area contributed by atoms with Crippen molar-refractivity contribution in [3.05, 3.63) is 102 Å². The largest absolute Gasteiger partial charge is 0.378 e. The summed E-state index contributed by atoms with van der Waals surface area (Å²) in [6, 6.07) is 17.6. The summed E-state index contributed by atoms with van der Waals surface area (Å²) in [5, 5.41) is 13.1. The third-order valence-corrected chi connectivity index (χ3v) is 3.89. The first-order valence-electron chi connectivity index (χ1n) is 7.84. The summed E-state index contributed by atoms with van der Waals surface area (Å²) in [4.78, 5) is 16.5. The Morgan fingerprint density at radius 3 is 2.12 bits per heavy atom. The van der Waals surface area contributed by atoms with Crippen LogP contribution in [0.15, 0.2) is 79.1 Å². The van der Waals surface area contributed by atoms with Crippen LogP contribution in [-0.4, -0.2) is 16.0 Å². The van der Waals surface area contributed by atoms with Gasteiger partial charge in [-0.15, -0.1) is 0 Å². The highest BCUT2D eigenvalue weighted by Crippen LogP contribution is 2.23. The van der Waals surface area contributed by atoms with Crippen LogP contribution in [0.25, 0.3) is 0 Å². The molecule has 0 fully saturated rings. The molecule has 0 bridgehead atoms. The van der Waals surface area contributed by atoms with E-state index in [9.17, 15) is 14.3 Å². The fourth-order valence-corrected chi connectivity index (χ4v) is 2.58. The van der Waals surface area contributed by atoms with Crippen LogP contribution in [0.2, 0.25) is 0 Å². The number of rotatable bonds is 5. The van der Waals surface area contributed by atoms with E-state index in [2.05, 4.69) is 10.3 Å². The number of aromatic nitrogens is 1. The molecule has 1 aromatic heterocycles. The molecule has 3 aromatic rings. The maximum absolute atomic E-state index is 13.2. The van der Waals surface area contributed by atoms with Gasteiger partial charge >= 0.3 is 0 Å². The van der Waals surface area contributed by atoms with Crippen molar-refractivity contribution < 1.29 is 14.3 Å². The molecule has 0 aliphatic heterocycles. The number of pyridine rings is 1. The zero-order valence-corrected chi connectivity index (χ0v) is 13.3. The summed E-state index contributed by atoms with van der Waals surface area (Å²) in [7, 11) is 0. The van der Waals surface area contributed by atoms with Crippen molar-refractivity contribution in [2.75, 3.05) is 0 Å². The van der Waals surface area contributed by atoms with E-state index in [0.717, 1.165) is 5.56 Å². The first-order valence-corrected chi connectivity index (χ1v) is 7.84. The van der Waals surface area contributed by atoms with Gasteiger partial charge in [-0.2, -0.15) is 0 Å². The number of benzene rings is 2. The molecule has 0 aliphatic rings. The number of aliphatic hydroxyl groups excluding tert-OH is 1. The summed E-state index contributed by atoms with van der Waals surface area (Å²) < 4.78 is 13.2. The molecule has 25 heavy (non-hydrogen) atoms. The summed E-state index contributed by atoms with van der Waals surface area (Å²) >= 11 is 0. The molecule has 1 amide bonds. The van der Waals surface area contributed by atoms with Gasteiger partial charge in [-0.1, -0.05) is 42.5 Å². The fraction of sp³-hybridized carbons (Fsp3) is 0.100. The van der Waals surface area contributed by atoms with Crippen LogP contribution in [-0.2, 0) is 4.79 Å². The minimum atomic E-state index is -1.29. The van der Waals surface area contributed by atoms with Gasteiger partial charge in [0.15, 0.2) is 6.10 Å². The maximum atomic E-state index is 13.2. The van der Waals surface area contributed by atoms with Gasteiger partial charge < -0.3 is 10.4 Å². The van der Waals surface area contributed by atoms with Crippen LogP contribution in [0.5, 0.6) is 0 Å². The average molecular weight is 336 g/mol. The van der Waals surface area contributed by atoms with Crippen molar-refractivity contribution in [1.82, 2.24) is 10.3 Å². The standard InChI is InChI=1S/C20H17FN2O2/c21-17-8-6-14(7-9-17)18(15-10-12-22-13-11-15)23-20(25)19(24)16-4-2-1-3-5-16/h1-13,18-19,24H,(H,23,25)/t18-,19-/m0/s1. The van der Waals surface area contributed by atoms with Crippen molar-refractivity contribution in [1.29, 1.82) is 0 Å². The zero-order chi connectivity index (χ0) is 17.6. The van der Waals surface area contributed by atoms with Crippen molar-refractivity contribution in [2.45, 2.75) is 12.1 Å². The Morgan fingerprint density at radius 1 is 0.880 bits per heavy atom. The molecule has 126 valence electrons. The number of hydrogen-bond acceptors (Lipinski definition) is 3. The first kappa shape index (κ1) is 16.8. The normalized spacial score (nSPS) is 13.0. The average Bonchev–Trinajstić information content (AvgIpc) is 2.67. The Bertz CT molecular complexity index is 823. The lowest BCUT2D eigenvalue weighted by Crippen LogP contribution is -2.33. The van der Waals surface area contributed by atoms with E-state index in [4.69, 9.17) is 0 Å². The number of amides is 1. The molecule has 0 unspecified atom stereocenters. The Balaban J connectivity index is 1.87. The van der Waals surface area contributed by atoms with E-state index in [0.29, 0.717) is 11.1 Å². The van der Waals surface area contributed by atoms with Gasteiger partial charge in [-0.3, -0.25) is 9.78 Å². The summed E-state index contributed by atoms with van der Waals surface area (Å²) in [6.45, 7) is 0. The van der Waals surface area contributed by atoms with Gasteiger partial charge in [0.1, 0.15) is 5.82 Å². The van der Waals surface area contributed by atoms with Gasteiger partial charge in [-0.05, 0) is 41.0 Å². The second-order valence-electron chi connectivity index (χ2n) is 5.59. The monoisotopic (exact) mass is 336 g/mol. The van der Waals surface area contributed by atoms with Crippen molar-refractivity contribution >= 4 is 5.91 Å². The van der Waals surface area contributed by atoms with Crippen molar-refractivity contribution in [2.24, 2.45) is 0 Å². The van der Waals surface area contributed by atoms with Gasteiger partial charge in [0, 0.05) is 12.4 Å². The third kappa shape index (κ3) is 4.08. The molecule has 2 atom stereocenters. The second-order valence-corrected chi connectivity index (χ2v) is 5.59. The molecule has 0 saturated carbocycles. The number of carbonyl (C=O) groups is 1. The molecule has 1 heterocycles. The summed E-state index contributed by atoms with van der Waals surface area (Å²) in [5.74, 6) is -0.884. The molecule has 4 nitrogen and oxygen atoms in total. The number of hydrogen-bond donors (Lipinski definition) is 2. The number of aliphatic hydroxyl groups is 1. The minimum Gasteiger partial charge on any atom is -0.378 e. The molecule has 0 saturated heterocycles. The second kappa shape index (κ2) is 7.68. The van der Waals surface area contributed by atoms with Crippen LogP contribution in [0.4, 0.5) is 4.39 Å². The van der Waals surface area contributed by atoms with E-state index < -0.39 is 18.1 Å². The van der Waals surface area contributed by atoms with Gasteiger partial charge in [-0.25, -0.2) is 4.39 Å². The maximum Gasteiger partial charge on any atom is 0.254 e. The van der Waals surface area contributed by atoms with E-state index in [-0.39, 0.29) is 5.82 Å². The zero-order valence-electron chi connectivity index (χ0n) is 13.3. The predicted molar refractivity (Wildman–Crippen MR) is 92.0 cm³/mol. The molecule has 5 heteroatoms. The minimum absolute atomic E-state index is 0.354. The van der Waals surface area contributed by atoms with E-state index in [1.165, 1.54) is 12.1 Å². The van der Waals surface area contributed by atoms with Crippen LogP contribution < -0.4 is 5.32 Å². The Labute approximate surface area is 145 Å². The molecule has 0 aliphatic carbocycles. The van der Waals surface area contributed by atoms with E-state index in [1.807, 2.05) is 6.07 Å². The molecule has 3 rings (SSSR count). The van der Waals surface area contributed by atoms with E-state index in [1.54, 1.807) is 60.9 Å². The summed E-state index contributed by atoms with van der Waals surface area (Å²) in [6.07, 6.45) is 1.95. The van der Waals surface area contributed by atoms with Crippen molar-refractivity contribution in [3.8, 4) is 0 Å². The molecule has 0 radical (unpaired) electrons. The molecule has 0 spiro atoms. The van der Waals surface area contributed by atoms with Gasteiger partial charge in [0.2, 0.25) is 0 Å². The van der Waals surface area contributed by atoms with Crippen LogP contribution in [0, 0.1) is 5.82 Å². The fourth-order valence-electron chi connectivity index (χ4n) is 2.58.